The molecule has 0 radical (unpaired) electrons. The highest BCUT2D eigenvalue weighted by molar-refractivity contribution is 7.80. The first-order valence-electron chi connectivity index (χ1n) is 6.66. The summed E-state index contributed by atoms with van der Waals surface area (Å²) in [6.45, 7) is 5.21. The second-order valence-corrected chi connectivity index (χ2v) is 6.89. The molecule has 2 rings (SSSR count). The fourth-order valence-electron chi connectivity index (χ4n) is 2.59. The van der Waals surface area contributed by atoms with Crippen LogP contribution in [0.5, 0.6) is 0 Å². The second kappa shape index (κ2) is 6.11. The summed E-state index contributed by atoms with van der Waals surface area (Å²) in [5, 5.41) is 1.93. The second-order valence-electron chi connectivity index (χ2n) is 5.46. The Balaban J connectivity index is 2.14. The zero-order valence-electron chi connectivity index (χ0n) is 11.1. The molecule has 1 aliphatic carbocycles. The van der Waals surface area contributed by atoms with Crippen LogP contribution in [0.15, 0.2) is 16.3 Å². The van der Waals surface area contributed by atoms with Gasteiger partial charge >= 0.3 is 0 Å². The molecule has 4 heteroatoms. The van der Waals surface area contributed by atoms with Crippen molar-refractivity contribution < 1.29 is 4.79 Å². The van der Waals surface area contributed by atoms with Crippen molar-refractivity contribution >= 4 is 29.9 Å². The highest BCUT2D eigenvalue weighted by Gasteiger charge is 2.28. The van der Waals surface area contributed by atoms with Crippen molar-refractivity contribution in [3.63, 3.8) is 0 Å². The van der Waals surface area contributed by atoms with Gasteiger partial charge in [-0.05, 0) is 24.8 Å². The molecule has 1 aliphatic rings. The number of amides is 1. The van der Waals surface area contributed by atoms with Crippen LogP contribution in [0.4, 0.5) is 0 Å². The van der Waals surface area contributed by atoms with Crippen molar-refractivity contribution in [2.45, 2.75) is 50.5 Å². The molecule has 100 valence electrons. The third-order valence-electron chi connectivity index (χ3n) is 3.38. The Morgan fingerprint density at radius 3 is 2.67 bits per heavy atom. The lowest BCUT2D eigenvalue weighted by Gasteiger charge is -2.30. The smallest absolute Gasteiger partial charge is 0.264 e. The van der Waals surface area contributed by atoms with Crippen molar-refractivity contribution in [1.82, 2.24) is 4.90 Å². The van der Waals surface area contributed by atoms with Crippen LogP contribution in [0.25, 0.3) is 0 Å². The SMILES string of the molecule is CC(C)CN(C(=O)c1cc(S)cs1)C1CCCC1. The van der Waals surface area contributed by atoms with Crippen molar-refractivity contribution in [3.8, 4) is 0 Å². The zero-order chi connectivity index (χ0) is 13.1. The summed E-state index contributed by atoms with van der Waals surface area (Å²) in [5.41, 5.74) is 0. The molecule has 0 N–H and O–H groups in total. The number of hydrogen-bond acceptors (Lipinski definition) is 3. The molecule has 1 aromatic rings. The minimum absolute atomic E-state index is 0.195. The monoisotopic (exact) mass is 283 g/mol. The van der Waals surface area contributed by atoms with E-state index >= 15 is 0 Å². The standard InChI is InChI=1S/C14H21NOS2/c1-10(2)8-15(11-5-3-4-6-11)14(16)13-7-12(17)9-18-13/h7,9-11,17H,3-6,8H2,1-2H3. The minimum Gasteiger partial charge on any atom is -0.335 e. The van der Waals surface area contributed by atoms with Gasteiger partial charge in [0.15, 0.2) is 0 Å². The maximum atomic E-state index is 12.6. The van der Waals surface area contributed by atoms with Crippen LogP contribution in [0, 0.1) is 5.92 Å². The van der Waals surface area contributed by atoms with Gasteiger partial charge in [-0.3, -0.25) is 4.79 Å². The number of rotatable bonds is 4. The number of carbonyl (C=O) groups excluding carboxylic acids is 1. The molecule has 1 amide bonds. The number of carbonyl (C=O) groups is 1. The van der Waals surface area contributed by atoms with Crippen LogP contribution in [0.1, 0.15) is 49.2 Å². The number of nitrogens with zero attached hydrogens (tertiary/aromatic N) is 1. The topological polar surface area (TPSA) is 20.3 Å². The average molecular weight is 283 g/mol. The predicted molar refractivity (Wildman–Crippen MR) is 79.7 cm³/mol. The lowest BCUT2D eigenvalue weighted by Crippen LogP contribution is -2.40. The number of hydrogen-bond donors (Lipinski definition) is 1. The molecular weight excluding hydrogens is 262 g/mol. The molecule has 1 saturated carbocycles. The lowest BCUT2D eigenvalue weighted by molar-refractivity contribution is 0.0660. The van der Waals surface area contributed by atoms with E-state index in [-0.39, 0.29) is 5.91 Å². The summed E-state index contributed by atoms with van der Waals surface area (Å²) < 4.78 is 0. The van der Waals surface area contributed by atoms with Crippen molar-refractivity contribution in [3.05, 3.63) is 16.3 Å². The molecule has 0 spiro atoms. The van der Waals surface area contributed by atoms with Gasteiger partial charge in [0.1, 0.15) is 0 Å². The Morgan fingerprint density at radius 1 is 1.50 bits per heavy atom. The maximum Gasteiger partial charge on any atom is 0.264 e. The van der Waals surface area contributed by atoms with Gasteiger partial charge in [-0.15, -0.1) is 24.0 Å². The Labute approximate surface area is 119 Å². The molecule has 0 atom stereocenters. The third-order valence-corrected chi connectivity index (χ3v) is 4.74. The van der Waals surface area contributed by atoms with Crippen LogP contribution >= 0.6 is 24.0 Å². The first kappa shape index (κ1) is 13.9. The molecule has 1 heterocycles. The molecular formula is C14H21NOS2. The summed E-state index contributed by atoms with van der Waals surface area (Å²) in [6.07, 6.45) is 4.85. The van der Waals surface area contributed by atoms with E-state index < -0.39 is 0 Å². The largest absolute Gasteiger partial charge is 0.335 e. The molecule has 0 saturated heterocycles. The third kappa shape index (κ3) is 3.29. The van der Waals surface area contributed by atoms with E-state index in [1.807, 2.05) is 11.4 Å². The van der Waals surface area contributed by atoms with Gasteiger partial charge in [-0.2, -0.15) is 0 Å². The van der Waals surface area contributed by atoms with Crippen LogP contribution in [-0.2, 0) is 0 Å². The molecule has 0 bridgehead atoms. The zero-order valence-corrected chi connectivity index (χ0v) is 12.8. The summed E-state index contributed by atoms with van der Waals surface area (Å²) in [6, 6.07) is 2.34. The Morgan fingerprint density at radius 2 is 2.17 bits per heavy atom. The normalized spacial score (nSPS) is 16.4. The fourth-order valence-corrected chi connectivity index (χ4v) is 3.69. The van der Waals surface area contributed by atoms with Crippen LogP contribution < -0.4 is 0 Å². The van der Waals surface area contributed by atoms with Crippen molar-refractivity contribution in [1.29, 1.82) is 0 Å². The summed E-state index contributed by atoms with van der Waals surface area (Å²) in [7, 11) is 0. The Hall–Kier alpha value is -0.480. The Bertz CT molecular complexity index is 408. The molecule has 1 fully saturated rings. The van der Waals surface area contributed by atoms with E-state index in [0.29, 0.717) is 12.0 Å². The van der Waals surface area contributed by atoms with Crippen molar-refractivity contribution in [2.75, 3.05) is 6.54 Å². The summed E-state index contributed by atoms with van der Waals surface area (Å²) >= 11 is 5.79. The van der Waals surface area contributed by atoms with E-state index in [9.17, 15) is 4.79 Å². The maximum absolute atomic E-state index is 12.6. The van der Waals surface area contributed by atoms with Crippen molar-refractivity contribution in [2.24, 2.45) is 5.92 Å². The van der Waals surface area contributed by atoms with E-state index in [2.05, 4.69) is 31.4 Å². The lowest BCUT2D eigenvalue weighted by atomic mass is 10.1. The van der Waals surface area contributed by atoms with Crippen LogP contribution in [-0.4, -0.2) is 23.4 Å². The molecule has 0 unspecified atom stereocenters. The molecule has 18 heavy (non-hydrogen) atoms. The summed E-state index contributed by atoms with van der Waals surface area (Å²) in [4.78, 5) is 16.4. The molecule has 1 aromatic heterocycles. The number of thiophene rings is 1. The van der Waals surface area contributed by atoms with Crippen LogP contribution in [0.3, 0.4) is 0 Å². The molecule has 2 nitrogen and oxygen atoms in total. The van der Waals surface area contributed by atoms with Gasteiger partial charge in [0.25, 0.3) is 5.91 Å². The van der Waals surface area contributed by atoms with Gasteiger partial charge < -0.3 is 4.90 Å². The highest BCUT2D eigenvalue weighted by atomic mass is 32.1. The van der Waals surface area contributed by atoms with Gasteiger partial charge in [0.2, 0.25) is 0 Å². The number of thiol groups is 1. The van der Waals surface area contributed by atoms with Gasteiger partial charge in [-0.1, -0.05) is 26.7 Å². The van der Waals surface area contributed by atoms with Gasteiger partial charge in [0, 0.05) is 22.9 Å². The van der Waals surface area contributed by atoms with Crippen LogP contribution in [0.2, 0.25) is 0 Å². The quantitative estimate of drug-likeness (QED) is 0.826. The fraction of sp³-hybridized carbons (Fsp3) is 0.643. The average Bonchev–Trinajstić information content (AvgIpc) is 2.95. The van der Waals surface area contributed by atoms with E-state index in [1.165, 1.54) is 24.2 Å². The predicted octanol–water partition coefficient (Wildman–Crippen LogP) is 4.08. The highest BCUT2D eigenvalue weighted by Crippen LogP contribution is 2.27. The summed E-state index contributed by atoms with van der Waals surface area (Å²) in [5.74, 6) is 0.714. The van der Waals surface area contributed by atoms with Gasteiger partial charge in [0.05, 0.1) is 4.88 Å². The molecule has 0 aliphatic heterocycles. The van der Waals surface area contributed by atoms with E-state index in [4.69, 9.17) is 0 Å². The Kier molecular flexibility index (Phi) is 4.73. The first-order valence-corrected chi connectivity index (χ1v) is 7.99. The minimum atomic E-state index is 0.195. The van der Waals surface area contributed by atoms with E-state index in [1.54, 1.807) is 0 Å². The first-order chi connectivity index (χ1) is 8.58. The molecule has 0 aromatic carbocycles. The van der Waals surface area contributed by atoms with E-state index in [0.717, 1.165) is 29.2 Å². The van der Waals surface area contributed by atoms with Gasteiger partial charge in [-0.25, -0.2) is 0 Å².